The molecule has 30 heavy (non-hydrogen) atoms. The van der Waals surface area contributed by atoms with Crippen LogP contribution in [0.4, 0.5) is 24.7 Å². The van der Waals surface area contributed by atoms with Crippen LogP contribution in [0.15, 0.2) is 12.3 Å². The molecule has 1 unspecified atom stereocenters. The van der Waals surface area contributed by atoms with E-state index in [1.54, 1.807) is 9.47 Å². The molecule has 1 aromatic carbocycles. The molecule has 12 heteroatoms. The first-order chi connectivity index (χ1) is 14.2. The van der Waals surface area contributed by atoms with Crippen LogP contribution in [0.2, 0.25) is 0 Å². The van der Waals surface area contributed by atoms with Crippen LogP contribution < -0.4 is 14.4 Å². The third-order valence-corrected chi connectivity index (χ3v) is 5.33. The smallest absolute Gasteiger partial charge is 0.415 e. The average molecular weight is 427 g/mol. The van der Waals surface area contributed by atoms with Gasteiger partial charge in [-0.1, -0.05) is 0 Å². The number of hydrogen-bond donors (Lipinski definition) is 0. The first-order valence-electron chi connectivity index (χ1n) is 9.30. The van der Waals surface area contributed by atoms with Crippen molar-refractivity contribution in [1.29, 1.82) is 0 Å². The minimum atomic E-state index is -1.56. The lowest BCUT2D eigenvalue weighted by Gasteiger charge is -2.39. The monoisotopic (exact) mass is 427 g/mol. The predicted octanol–water partition coefficient (Wildman–Crippen LogP) is 2.19. The highest BCUT2D eigenvalue weighted by Gasteiger charge is 2.42. The molecular weight excluding hydrogens is 407 g/mol. The number of fused-ring (bicyclic) bond motifs is 1. The van der Waals surface area contributed by atoms with Crippen LogP contribution in [0, 0.1) is 27.6 Å². The highest BCUT2D eigenvalue weighted by atomic mass is 19.2. The number of methoxy groups -OCH3 is 1. The number of anilines is 1. The second-order valence-corrected chi connectivity index (χ2v) is 7.62. The molecule has 0 N–H and O–H groups in total. The Bertz CT molecular complexity index is 967. The van der Waals surface area contributed by atoms with Crippen molar-refractivity contribution in [2.24, 2.45) is 0 Å². The van der Waals surface area contributed by atoms with Crippen molar-refractivity contribution in [2.45, 2.75) is 19.1 Å². The number of benzene rings is 1. The number of piperazine rings is 1. The molecule has 0 amide bonds. The van der Waals surface area contributed by atoms with E-state index >= 15 is 0 Å². The largest absolute Gasteiger partial charge is 0.491 e. The van der Waals surface area contributed by atoms with Crippen molar-refractivity contribution in [2.75, 3.05) is 44.7 Å². The maximum atomic E-state index is 14.0. The van der Waals surface area contributed by atoms with E-state index in [2.05, 4.69) is 9.88 Å². The molecule has 2 aromatic rings. The Morgan fingerprint density at radius 1 is 1.27 bits per heavy atom. The van der Waals surface area contributed by atoms with Crippen LogP contribution in [0.25, 0.3) is 0 Å². The van der Waals surface area contributed by atoms with E-state index in [0.717, 1.165) is 6.07 Å². The summed E-state index contributed by atoms with van der Waals surface area (Å²) in [6.45, 7) is 4.91. The van der Waals surface area contributed by atoms with Gasteiger partial charge in [-0.2, -0.15) is 4.39 Å². The maximum absolute atomic E-state index is 14.0. The van der Waals surface area contributed by atoms with Gasteiger partial charge in [-0.3, -0.25) is 9.47 Å². The number of nitrogens with zero attached hydrogens (tertiary/aromatic N) is 5. The number of nitro groups is 1. The van der Waals surface area contributed by atoms with Gasteiger partial charge in [-0.05, 0) is 11.8 Å². The Kier molecular flexibility index (Phi) is 4.96. The first kappa shape index (κ1) is 20.3. The molecule has 0 saturated carbocycles. The maximum Gasteiger partial charge on any atom is 0.415 e. The van der Waals surface area contributed by atoms with Crippen LogP contribution in [-0.2, 0) is 6.54 Å². The minimum absolute atomic E-state index is 0.171. The van der Waals surface area contributed by atoms with Crippen LogP contribution in [0.1, 0.15) is 6.92 Å². The lowest BCUT2D eigenvalue weighted by atomic mass is 10.1. The van der Waals surface area contributed by atoms with Gasteiger partial charge < -0.3 is 24.5 Å². The summed E-state index contributed by atoms with van der Waals surface area (Å²) in [5.74, 6) is -4.74. The van der Waals surface area contributed by atoms with E-state index < -0.39 is 28.0 Å². The molecule has 162 valence electrons. The second-order valence-electron chi connectivity index (χ2n) is 7.62. The number of rotatable bonds is 5. The van der Waals surface area contributed by atoms with Crippen molar-refractivity contribution < 1.29 is 27.6 Å². The zero-order valence-electron chi connectivity index (χ0n) is 16.4. The third-order valence-electron chi connectivity index (χ3n) is 5.33. The van der Waals surface area contributed by atoms with Crippen LogP contribution >= 0.6 is 0 Å². The number of hydrogen-bond acceptors (Lipinski definition) is 7. The van der Waals surface area contributed by atoms with Gasteiger partial charge in [0.15, 0.2) is 17.4 Å². The Hall–Kier alpha value is -3.02. The minimum Gasteiger partial charge on any atom is -0.491 e. The van der Waals surface area contributed by atoms with Gasteiger partial charge in [0.05, 0.1) is 19.3 Å². The summed E-state index contributed by atoms with van der Waals surface area (Å²) in [6, 6.07) is 1.16. The topological polar surface area (TPSA) is 85.9 Å². The third kappa shape index (κ3) is 3.51. The van der Waals surface area contributed by atoms with E-state index in [-0.39, 0.29) is 23.3 Å². The van der Waals surface area contributed by atoms with E-state index in [1.165, 1.54) is 13.3 Å². The zero-order chi connectivity index (χ0) is 21.6. The fourth-order valence-electron chi connectivity index (χ4n) is 3.98. The summed E-state index contributed by atoms with van der Waals surface area (Å²) in [7, 11) is 1.21. The normalized spacial score (nSPS) is 21.4. The summed E-state index contributed by atoms with van der Waals surface area (Å²) < 4.78 is 53.6. The summed E-state index contributed by atoms with van der Waals surface area (Å²) >= 11 is 0. The Morgan fingerprint density at radius 2 is 1.97 bits per heavy atom. The highest BCUT2D eigenvalue weighted by Crippen LogP contribution is 2.35. The van der Waals surface area contributed by atoms with Gasteiger partial charge in [0.2, 0.25) is 5.82 Å². The molecule has 3 heterocycles. The Morgan fingerprint density at radius 3 is 2.57 bits per heavy atom. The summed E-state index contributed by atoms with van der Waals surface area (Å²) in [5.41, 5.74) is -0.435. The van der Waals surface area contributed by atoms with Crippen LogP contribution in [0.3, 0.4) is 0 Å². The van der Waals surface area contributed by atoms with Crippen LogP contribution in [0.5, 0.6) is 11.8 Å². The average Bonchev–Trinajstić information content (AvgIpc) is 3.21. The van der Waals surface area contributed by atoms with Crippen molar-refractivity contribution in [1.82, 2.24) is 14.5 Å². The molecule has 1 fully saturated rings. The highest BCUT2D eigenvalue weighted by molar-refractivity contribution is 5.60. The lowest BCUT2D eigenvalue weighted by Crippen LogP contribution is -2.53. The first-order valence-corrected chi connectivity index (χ1v) is 9.30. The van der Waals surface area contributed by atoms with Gasteiger partial charge in [0, 0.05) is 43.8 Å². The molecule has 2 aliphatic rings. The molecule has 0 radical (unpaired) electrons. The van der Waals surface area contributed by atoms with Crippen molar-refractivity contribution >= 4 is 11.5 Å². The summed E-state index contributed by atoms with van der Waals surface area (Å²) in [4.78, 5) is 18.0. The van der Waals surface area contributed by atoms with E-state index in [1.807, 2.05) is 6.92 Å². The standard InChI is InChI=1S/C18H20F3N5O4/c1-18(10-25-8-13(26(27)28)22-17(25)30-18)9-23-3-5-24(6-4-23)12-7-11(19)14(20)15(21)16(12)29-2/h7-8H,3-6,9-10H2,1-2H3. The number of halogens is 3. The predicted molar refractivity (Wildman–Crippen MR) is 99.4 cm³/mol. The van der Waals surface area contributed by atoms with E-state index in [4.69, 9.17) is 9.47 Å². The molecule has 4 rings (SSSR count). The lowest BCUT2D eigenvalue weighted by molar-refractivity contribution is -0.389. The second kappa shape index (κ2) is 7.35. The quantitative estimate of drug-likeness (QED) is 0.411. The van der Waals surface area contributed by atoms with Crippen molar-refractivity contribution in [3.63, 3.8) is 0 Å². The fourth-order valence-corrected chi connectivity index (χ4v) is 3.98. The number of aromatic nitrogens is 2. The number of ether oxygens (including phenoxy) is 2. The van der Waals surface area contributed by atoms with Crippen molar-refractivity contribution in [3.05, 3.63) is 39.8 Å². The molecule has 0 spiro atoms. The van der Waals surface area contributed by atoms with Gasteiger partial charge in [-0.25, -0.2) is 8.78 Å². The SMILES string of the molecule is COc1c(N2CCN(CC3(C)Cn4cc([N+](=O)[O-])nc4O3)CC2)cc(F)c(F)c1F. The van der Waals surface area contributed by atoms with Gasteiger partial charge in [0.1, 0.15) is 11.8 Å². The fraction of sp³-hybridized carbons (Fsp3) is 0.500. The van der Waals surface area contributed by atoms with E-state index in [0.29, 0.717) is 39.3 Å². The molecule has 0 bridgehead atoms. The van der Waals surface area contributed by atoms with Crippen LogP contribution in [-0.4, -0.2) is 64.8 Å². The molecule has 1 atom stereocenters. The molecule has 9 nitrogen and oxygen atoms in total. The molecular formula is C18H20F3N5O4. The molecule has 1 saturated heterocycles. The Labute approximate surface area is 169 Å². The molecule has 1 aromatic heterocycles. The van der Waals surface area contributed by atoms with Crippen molar-refractivity contribution in [3.8, 4) is 11.8 Å². The summed E-state index contributed by atoms with van der Waals surface area (Å²) in [6.07, 6.45) is 1.35. The number of imidazole rings is 1. The zero-order valence-corrected chi connectivity index (χ0v) is 16.4. The Balaban J connectivity index is 1.40. The summed E-state index contributed by atoms with van der Waals surface area (Å²) in [5, 5.41) is 10.8. The molecule has 0 aliphatic carbocycles. The van der Waals surface area contributed by atoms with E-state index in [9.17, 15) is 23.3 Å². The van der Waals surface area contributed by atoms with Gasteiger partial charge in [0.25, 0.3) is 0 Å². The van der Waals surface area contributed by atoms with Gasteiger partial charge >= 0.3 is 11.8 Å². The molecule has 2 aliphatic heterocycles. The van der Waals surface area contributed by atoms with Gasteiger partial charge in [-0.15, -0.1) is 0 Å².